The Morgan fingerprint density at radius 2 is 1.10 bits per heavy atom. The lowest BCUT2D eigenvalue weighted by atomic mass is 10.1. The Hall–Kier alpha value is -3.40. The maximum atomic E-state index is 6.07. The highest BCUT2D eigenvalue weighted by molar-refractivity contribution is 5.84. The van der Waals surface area contributed by atoms with E-state index >= 15 is 0 Å². The van der Waals surface area contributed by atoms with Gasteiger partial charge in [0.25, 0.3) is 0 Å². The van der Waals surface area contributed by atoms with E-state index in [4.69, 9.17) is 9.47 Å². The van der Waals surface area contributed by atoms with Gasteiger partial charge in [0, 0.05) is 36.6 Å². The lowest BCUT2D eigenvalue weighted by Gasteiger charge is -2.12. The van der Waals surface area contributed by atoms with E-state index in [1.165, 1.54) is 0 Å². The van der Waals surface area contributed by atoms with Crippen molar-refractivity contribution in [3.8, 4) is 11.5 Å². The molecule has 4 rings (SSSR count). The third kappa shape index (κ3) is 5.32. The van der Waals surface area contributed by atoms with Gasteiger partial charge in [0.15, 0.2) is 0 Å². The van der Waals surface area contributed by atoms with Gasteiger partial charge in [-0.05, 0) is 47.9 Å². The van der Waals surface area contributed by atoms with Crippen LogP contribution in [0.1, 0.15) is 28.7 Å². The number of fused-ring (bicyclic) bond motifs is 4. The van der Waals surface area contributed by atoms with E-state index in [9.17, 15) is 0 Å². The first-order valence-corrected chi connectivity index (χ1v) is 9.89. The molecule has 0 radical (unpaired) electrons. The molecule has 29 heavy (non-hydrogen) atoms. The van der Waals surface area contributed by atoms with Gasteiger partial charge in [-0.1, -0.05) is 42.5 Å². The largest absolute Gasteiger partial charge is 0.488 e. The fourth-order valence-corrected chi connectivity index (χ4v) is 3.15. The van der Waals surface area contributed by atoms with E-state index in [1.807, 2.05) is 67.0 Å². The lowest BCUT2D eigenvalue weighted by molar-refractivity contribution is 0.299. The number of benzene rings is 3. The van der Waals surface area contributed by atoms with Gasteiger partial charge in [0.2, 0.25) is 0 Å². The molecule has 0 aromatic heterocycles. The van der Waals surface area contributed by atoms with Crippen molar-refractivity contribution in [1.82, 2.24) is 0 Å². The van der Waals surface area contributed by atoms with Gasteiger partial charge in [-0.3, -0.25) is 9.98 Å². The van der Waals surface area contributed by atoms with Crippen LogP contribution in [-0.4, -0.2) is 25.5 Å². The van der Waals surface area contributed by atoms with Crippen molar-refractivity contribution in [1.29, 1.82) is 0 Å². The van der Waals surface area contributed by atoms with Crippen molar-refractivity contribution >= 4 is 12.4 Å². The average molecular weight is 384 g/mol. The summed E-state index contributed by atoms with van der Waals surface area (Å²) in [6.07, 6.45) is 4.67. The van der Waals surface area contributed by atoms with Gasteiger partial charge in [0.05, 0.1) is 0 Å². The van der Waals surface area contributed by atoms with Crippen LogP contribution in [-0.2, 0) is 13.2 Å². The second kappa shape index (κ2) is 9.69. The molecular weight excluding hydrogens is 360 g/mol. The third-order valence-electron chi connectivity index (χ3n) is 4.65. The first-order chi connectivity index (χ1) is 14.4. The predicted octanol–water partition coefficient (Wildman–Crippen LogP) is 5.09. The maximum Gasteiger partial charge on any atom is 0.128 e. The second-order valence-electron chi connectivity index (χ2n) is 6.90. The topological polar surface area (TPSA) is 43.2 Å². The summed E-state index contributed by atoms with van der Waals surface area (Å²) in [4.78, 5) is 9.08. The molecule has 0 saturated carbocycles. The summed E-state index contributed by atoms with van der Waals surface area (Å²) in [6, 6.07) is 24.3. The number of aliphatic imine (C=N–C) groups is 2. The smallest absolute Gasteiger partial charge is 0.128 e. The number of nitrogens with zero attached hydrogens (tertiary/aromatic N) is 2. The summed E-state index contributed by atoms with van der Waals surface area (Å²) in [6.45, 7) is 2.46. The Morgan fingerprint density at radius 1 is 0.586 bits per heavy atom. The zero-order valence-electron chi connectivity index (χ0n) is 16.3. The zero-order valence-corrected chi connectivity index (χ0v) is 16.3. The minimum absolute atomic E-state index is 0.502. The zero-order chi connectivity index (χ0) is 19.7. The van der Waals surface area contributed by atoms with E-state index in [-0.39, 0.29) is 0 Å². The van der Waals surface area contributed by atoms with Gasteiger partial charge < -0.3 is 9.47 Å². The van der Waals surface area contributed by atoms with Gasteiger partial charge in [0.1, 0.15) is 24.7 Å². The van der Waals surface area contributed by atoms with Crippen LogP contribution >= 0.6 is 0 Å². The molecule has 0 unspecified atom stereocenters. The normalized spacial score (nSPS) is 14.5. The van der Waals surface area contributed by atoms with Crippen molar-refractivity contribution in [2.45, 2.75) is 19.6 Å². The number of hydrogen-bond acceptors (Lipinski definition) is 4. The standard InChI is InChI=1S/C25H24N2O2/c1-3-11-24-22(9-1)16-26-13-6-14-27-17-23-10-2-4-12-25(23)29-19-21-8-5-7-20(15-21)18-28-24/h1-5,7-12,15-17H,6,13-14,18-19H2. The number of rotatable bonds is 0. The summed E-state index contributed by atoms with van der Waals surface area (Å²) >= 11 is 0. The molecule has 0 fully saturated rings. The molecule has 146 valence electrons. The van der Waals surface area contributed by atoms with Gasteiger partial charge >= 0.3 is 0 Å². The van der Waals surface area contributed by atoms with Crippen LogP contribution in [0.5, 0.6) is 11.5 Å². The Morgan fingerprint density at radius 3 is 1.66 bits per heavy atom. The van der Waals surface area contributed by atoms with Crippen LogP contribution in [0.4, 0.5) is 0 Å². The van der Waals surface area contributed by atoms with Crippen molar-refractivity contribution in [3.05, 3.63) is 95.1 Å². The first-order valence-electron chi connectivity index (χ1n) is 9.89. The molecule has 1 aliphatic heterocycles. The summed E-state index contributed by atoms with van der Waals surface area (Å²) in [7, 11) is 0. The number of ether oxygens (including phenoxy) is 2. The molecule has 0 atom stereocenters. The molecule has 0 N–H and O–H groups in total. The van der Waals surface area contributed by atoms with Crippen molar-refractivity contribution in [3.63, 3.8) is 0 Å². The summed E-state index contributed by atoms with van der Waals surface area (Å²) in [5.74, 6) is 1.68. The second-order valence-corrected chi connectivity index (χ2v) is 6.90. The summed E-state index contributed by atoms with van der Waals surface area (Å²) < 4.78 is 12.1. The Labute approximate surface area is 171 Å². The van der Waals surface area contributed by atoms with Crippen LogP contribution in [0.2, 0.25) is 0 Å². The Balaban J connectivity index is 1.60. The van der Waals surface area contributed by atoms with Crippen molar-refractivity contribution < 1.29 is 9.47 Å². The van der Waals surface area contributed by atoms with Crippen LogP contribution in [0, 0.1) is 0 Å². The first kappa shape index (κ1) is 18.9. The minimum atomic E-state index is 0.502. The molecule has 3 aromatic rings. The molecule has 1 aliphatic rings. The van der Waals surface area contributed by atoms with E-state index in [0.29, 0.717) is 13.2 Å². The van der Waals surface area contributed by atoms with Crippen molar-refractivity contribution in [2.75, 3.05) is 13.1 Å². The third-order valence-corrected chi connectivity index (χ3v) is 4.65. The molecule has 0 amide bonds. The molecule has 2 bridgehead atoms. The summed E-state index contributed by atoms with van der Waals surface area (Å²) in [5, 5.41) is 0. The quantitative estimate of drug-likeness (QED) is 0.542. The minimum Gasteiger partial charge on any atom is -0.488 e. The number of hydrogen-bond donors (Lipinski definition) is 0. The lowest BCUT2D eigenvalue weighted by Crippen LogP contribution is -2.02. The van der Waals surface area contributed by atoms with Gasteiger partial charge in [-0.15, -0.1) is 0 Å². The van der Waals surface area contributed by atoms with E-state index < -0.39 is 0 Å². The maximum absolute atomic E-state index is 6.07. The predicted molar refractivity (Wildman–Crippen MR) is 118 cm³/mol. The monoisotopic (exact) mass is 384 g/mol. The van der Waals surface area contributed by atoms with Crippen LogP contribution in [0.15, 0.2) is 82.8 Å². The van der Waals surface area contributed by atoms with Crippen molar-refractivity contribution in [2.24, 2.45) is 9.98 Å². The van der Waals surface area contributed by atoms with E-state index in [2.05, 4.69) is 28.2 Å². The van der Waals surface area contributed by atoms with Gasteiger partial charge in [-0.25, -0.2) is 0 Å². The van der Waals surface area contributed by atoms with Crippen LogP contribution in [0.25, 0.3) is 0 Å². The highest BCUT2D eigenvalue weighted by Crippen LogP contribution is 2.20. The molecule has 0 aliphatic carbocycles. The molecule has 4 nitrogen and oxygen atoms in total. The average Bonchev–Trinajstić information content (AvgIpc) is 2.77. The Kier molecular flexibility index (Phi) is 6.33. The molecule has 1 heterocycles. The number of para-hydroxylation sites is 2. The molecule has 0 saturated heterocycles. The highest BCUT2D eigenvalue weighted by atomic mass is 16.5. The van der Waals surface area contributed by atoms with E-state index in [1.54, 1.807) is 0 Å². The molecule has 3 aromatic carbocycles. The summed E-state index contributed by atoms with van der Waals surface area (Å²) in [5.41, 5.74) is 4.19. The SMILES string of the molecule is C1=NCCCN=Cc2ccccc2OCc2cccc(c2)COc2ccccc21. The van der Waals surface area contributed by atoms with Crippen LogP contribution in [0.3, 0.4) is 0 Å². The molecule has 0 spiro atoms. The van der Waals surface area contributed by atoms with Gasteiger partial charge in [-0.2, -0.15) is 0 Å². The molecule has 4 heteroatoms. The fourth-order valence-electron chi connectivity index (χ4n) is 3.15. The fraction of sp³-hybridized carbons (Fsp3) is 0.200. The van der Waals surface area contributed by atoms with Crippen LogP contribution < -0.4 is 9.47 Å². The highest BCUT2D eigenvalue weighted by Gasteiger charge is 2.05. The van der Waals surface area contributed by atoms with E-state index in [0.717, 1.165) is 53.3 Å². The Bertz CT molecular complexity index is 934. The molecular formula is C25H24N2O2.